The number of carbonyl (C=O) groups excluding carboxylic acids is 2. The molecule has 0 aromatic heterocycles. The van der Waals surface area contributed by atoms with Crippen molar-refractivity contribution in [2.45, 2.75) is 19.3 Å². The zero-order valence-electron chi connectivity index (χ0n) is 17.5. The van der Waals surface area contributed by atoms with Crippen molar-refractivity contribution in [3.8, 4) is 0 Å². The zero-order valence-corrected chi connectivity index (χ0v) is 18.3. The van der Waals surface area contributed by atoms with Gasteiger partial charge in [-0.15, -0.1) is 12.4 Å². The monoisotopic (exact) mass is 431 g/mol. The van der Waals surface area contributed by atoms with Gasteiger partial charge in [0.25, 0.3) is 0 Å². The minimum atomic E-state index is -0.493. The molecule has 2 aromatic rings. The number of ether oxygens (including phenoxy) is 1. The number of hydrogen-bond donors (Lipinski definition) is 2. The van der Waals surface area contributed by atoms with Crippen LogP contribution in [0, 0.1) is 5.41 Å². The lowest BCUT2D eigenvalue weighted by molar-refractivity contribution is -0.130. The van der Waals surface area contributed by atoms with Gasteiger partial charge in [0.15, 0.2) is 0 Å². The maximum atomic E-state index is 12.9. The van der Waals surface area contributed by atoms with Crippen molar-refractivity contribution in [1.82, 2.24) is 5.32 Å². The molecule has 0 radical (unpaired) electrons. The number of halogens is 1. The molecule has 2 aromatic carbocycles. The second-order valence-electron chi connectivity index (χ2n) is 7.58. The standard InChI is InChI=1S/C23H29N3O3.ClH/c1-26(20-6-4-3-5-7-20)21(27)16-18-8-10-19(11-9-18)25-22(28)23(17-29-2)12-14-24-15-13-23;/h3-11,24H,12-17H2,1-2H3,(H,25,28);1H. The van der Waals surface area contributed by atoms with Crippen molar-refractivity contribution in [2.24, 2.45) is 5.41 Å². The van der Waals surface area contributed by atoms with Crippen molar-refractivity contribution in [3.63, 3.8) is 0 Å². The largest absolute Gasteiger partial charge is 0.384 e. The molecule has 0 atom stereocenters. The molecule has 2 amide bonds. The van der Waals surface area contributed by atoms with E-state index in [1.165, 1.54) is 0 Å². The van der Waals surface area contributed by atoms with Gasteiger partial charge in [-0.1, -0.05) is 30.3 Å². The number of para-hydroxylation sites is 1. The summed E-state index contributed by atoms with van der Waals surface area (Å²) in [5, 5.41) is 6.32. The van der Waals surface area contributed by atoms with Gasteiger partial charge in [0.1, 0.15) is 0 Å². The minimum Gasteiger partial charge on any atom is -0.384 e. The Hall–Kier alpha value is -2.41. The molecule has 0 saturated carbocycles. The number of nitrogens with zero attached hydrogens (tertiary/aromatic N) is 1. The van der Waals surface area contributed by atoms with Gasteiger partial charge in [-0.2, -0.15) is 0 Å². The molecule has 162 valence electrons. The molecule has 0 spiro atoms. The number of nitrogens with one attached hydrogen (secondary N) is 2. The van der Waals surface area contributed by atoms with Gasteiger partial charge < -0.3 is 20.3 Å². The first kappa shape index (κ1) is 23.9. The first-order valence-electron chi connectivity index (χ1n) is 9.96. The third-order valence-corrected chi connectivity index (χ3v) is 5.55. The molecule has 1 aliphatic heterocycles. The Morgan fingerprint density at radius 1 is 1.07 bits per heavy atom. The molecule has 0 aliphatic carbocycles. The van der Waals surface area contributed by atoms with Crippen LogP contribution >= 0.6 is 12.4 Å². The molecule has 30 heavy (non-hydrogen) atoms. The van der Waals surface area contributed by atoms with Crippen molar-refractivity contribution in [2.75, 3.05) is 44.1 Å². The topological polar surface area (TPSA) is 70.7 Å². The SMILES string of the molecule is COCC1(C(=O)Nc2ccc(CC(=O)N(C)c3ccccc3)cc2)CCNCC1.Cl. The summed E-state index contributed by atoms with van der Waals surface area (Å²) < 4.78 is 5.33. The second-order valence-corrected chi connectivity index (χ2v) is 7.58. The summed E-state index contributed by atoms with van der Waals surface area (Å²) in [6.45, 7) is 2.04. The fourth-order valence-electron chi connectivity index (χ4n) is 3.68. The number of methoxy groups -OCH3 is 1. The molecule has 1 heterocycles. The van der Waals surface area contributed by atoms with E-state index in [2.05, 4.69) is 10.6 Å². The molecular formula is C23H30ClN3O3. The van der Waals surface area contributed by atoms with Crippen LogP contribution in [0.5, 0.6) is 0 Å². The van der Waals surface area contributed by atoms with Crippen molar-refractivity contribution in [1.29, 1.82) is 0 Å². The van der Waals surface area contributed by atoms with Crippen LogP contribution in [0.15, 0.2) is 54.6 Å². The van der Waals surface area contributed by atoms with Gasteiger partial charge in [-0.05, 0) is 55.8 Å². The van der Waals surface area contributed by atoms with Crippen LogP contribution in [0.3, 0.4) is 0 Å². The molecule has 6 nitrogen and oxygen atoms in total. The molecule has 3 rings (SSSR count). The molecule has 0 unspecified atom stereocenters. The number of carbonyl (C=O) groups is 2. The third-order valence-electron chi connectivity index (χ3n) is 5.55. The van der Waals surface area contributed by atoms with Crippen LogP contribution in [-0.4, -0.2) is 45.7 Å². The number of amides is 2. The highest BCUT2D eigenvalue weighted by molar-refractivity contribution is 5.96. The Morgan fingerprint density at radius 3 is 2.30 bits per heavy atom. The quantitative estimate of drug-likeness (QED) is 0.705. The summed E-state index contributed by atoms with van der Waals surface area (Å²) in [6.07, 6.45) is 1.81. The summed E-state index contributed by atoms with van der Waals surface area (Å²) >= 11 is 0. The minimum absolute atomic E-state index is 0. The molecule has 1 aliphatic rings. The summed E-state index contributed by atoms with van der Waals surface area (Å²) in [6, 6.07) is 17.0. The van der Waals surface area contributed by atoms with Gasteiger partial charge in [0.05, 0.1) is 18.4 Å². The zero-order chi connectivity index (χ0) is 20.7. The highest BCUT2D eigenvalue weighted by Gasteiger charge is 2.39. The van der Waals surface area contributed by atoms with E-state index in [4.69, 9.17) is 4.74 Å². The average Bonchev–Trinajstić information content (AvgIpc) is 2.76. The van der Waals surface area contributed by atoms with E-state index in [1.807, 2.05) is 54.6 Å². The van der Waals surface area contributed by atoms with E-state index < -0.39 is 5.41 Å². The number of hydrogen-bond acceptors (Lipinski definition) is 4. The van der Waals surface area contributed by atoms with Crippen LogP contribution in [0.2, 0.25) is 0 Å². The highest BCUT2D eigenvalue weighted by Crippen LogP contribution is 2.31. The predicted molar refractivity (Wildman–Crippen MR) is 122 cm³/mol. The van der Waals surface area contributed by atoms with Crippen molar-refractivity contribution < 1.29 is 14.3 Å². The van der Waals surface area contributed by atoms with Crippen molar-refractivity contribution >= 4 is 35.6 Å². The smallest absolute Gasteiger partial charge is 0.233 e. The lowest BCUT2D eigenvalue weighted by Crippen LogP contribution is -2.47. The first-order chi connectivity index (χ1) is 14.0. The maximum Gasteiger partial charge on any atom is 0.233 e. The number of benzene rings is 2. The van der Waals surface area contributed by atoms with Gasteiger partial charge in [0.2, 0.25) is 11.8 Å². The summed E-state index contributed by atoms with van der Waals surface area (Å²) in [5.41, 5.74) is 2.01. The van der Waals surface area contributed by atoms with E-state index in [9.17, 15) is 9.59 Å². The Balaban J connectivity index is 0.00000320. The molecule has 7 heteroatoms. The second kappa shape index (κ2) is 11.1. The van der Waals surface area contributed by atoms with Crippen LogP contribution in [-0.2, 0) is 20.7 Å². The van der Waals surface area contributed by atoms with Crippen molar-refractivity contribution in [3.05, 3.63) is 60.2 Å². The molecule has 2 N–H and O–H groups in total. The van der Waals surface area contributed by atoms with E-state index in [0.29, 0.717) is 13.0 Å². The summed E-state index contributed by atoms with van der Waals surface area (Å²) in [4.78, 5) is 27.1. The van der Waals surface area contributed by atoms with Gasteiger partial charge in [-0.25, -0.2) is 0 Å². The third kappa shape index (κ3) is 5.81. The average molecular weight is 432 g/mol. The van der Waals surface area contributed by atoms with Crippen LogP contribution in [0.1, 0.15) is 18.4 Å². The summed E-state index contributed by atoms with van der Waals surface area (Å²) in [7, 11) is 3.41. The van der Waals surface area contributed by atoms with E-state index in [-0.39, 0.29) is 24.2 Å². The Labute approximate surface area is 184 Å². The Bertz CT molecular complexity index is 816. The fourth-order valence-corrected chi connectivity index (χ4v) is 3.68. The maximum absolute atomic E-state index is 12.9. The van der Waals surface area contributed by atoms with E-state index in [0.717, 1.165) is 42.9 Å². The lowest BCUT2D eigenvalue weighted by Gasteiger charge is -2.35. The van der Waals surface area contributed by atoms with E-state index >= 15 is 0 Å². The number of likely N-dealkylation sites (N-methyl/N-ethyl adjacent to an activating group) is 1. The Morgan fingerprint density at radius 2 is 1.70 bits per heavy atom. The normalized spacial score (nSPS) is 15.0. The number of rotatable bonds is 7. The van der Waals surface area contributed by atoms with Crippen LogP contribution in [0.25, 0.3) is 0 Å². The fraction of sp³-hybridized carbons (Fsp3) is 0.391. The number of anilines is 2. The molecule has 1 saturated heterocycles. The molecular weight excluding hydrogens is 402 g/mol. The molecule has 0 bridgehead atoms. The van der Waals surface area contributed by atoms with Crippen LogP contribution < -0.4 is 15.5 Å². The lowest BCUT2D eigenvalue weighted by atomic mass is 9.78. The first-order valence-corrected chi connectivity index (χ1v) is 9.96. The van der Waals surface area contributed by atoms with Gasteiger partial charge in [-0.3, -0.25) is 9.59 Å². The predicted octanol–water partition coefficient (Wildman–Crippen LogP) is 3.27. The van der Waals surface area contributed by atoms with Gasteiger partial charge in [0, 0.05) is 25.5 Å². The molecule has 1 fully saturated rings. The van der Waals surface area contributed by atoms with E-state index in [1.54, 1.807) is 19.1 Å². The Kier molecular flexibility index (Phi) is 8.84. The van der Waals surface area contributed by atoms with Gasteiger partial charge >= 0.3 is 0 Å². The number of piperidine rings is 1. The summed E-state index contributed by atoms with van der Waals surface area (Å²) in [5.74, 6) is 0.00947. The van der Waals surface area contributed by atoms with Crippen LogP contribution in [0.4, 0.5) is 11.4 Å². The highest BCUT2D eigenvalue weighted by atomic mass is 35.5.